The van der Waals surface area contributed by atoms with E-state index in [9.17, 15) is 4.79 Å². The molecular weight excluding hydrogens is 248 g/mol. The minimum atomic E-state index is 0.0341. The summed E-state index contributed by atoms with van der Waals surface area (Å²) in [6.45, 7) is 15.1. The van der Waals surface area contributed by atoms with Gasteiger partial charge in [-0.05, 0) is 48.8 Å². The summed E-state index contributed by atoms with van der Waals surface area (Å²) in [7, 11) is 0. The van der Waals surface area contributed by atoms with Crippen molar-refractivity contribution < 1.29 is 9.53 Å². The lowest BCUT2D eigenvalue weighted by Crippen LogP contribution is -2.25. The molecule has 0 unspecified atom stereocenters. The van der Waals surface area contributed by atoms with Gasteiger partial charge in [0.15, 0.2) is 6.29 Å². The average Bonchev–Trinajstić information content (AvgIpc) is 2.25. The Morgan fingerprint density at radius 3 is 2.20 bits per heavy atom. The lowest BCUT2D eigenvalue weighted by Gasteiger charge is -2.33. The average molecular weight is 276 g/mol. The Morgan fingerprint density at radius 2 is 1.75 bits per heavy atom. The molecule has 0 saturated carbocycles. The van der Waals surface area contributed by atoms with Gasteiger partial charge in [-0.25, -0.2) is 0 Å². The molecule has 20 heavy (non-hydrogen) atoms. The molecule has 0 aromatic heterocycles. The molecule has 0 aliphatic rings. The maximum absolute atomic E-state index is 11.3. The fourth-order valence-electron chi connectivity index (χ4n) is 2.85. The van der Waals surface area contributed by atoms with Crippen LogP contribution >= 0.6 is 0 Å². The van der Waals surface area contributed by atoms with Gasteiger partial charge in [0.2, 0.25) is 0 Å². The van der Waals surface area contributed by atoms with E-state index in [4.69, 9.17) is 4.74 Å². The molecular formula is C18H28O2. The summed E-state index contributed by atoms with van der Waals surface area (Å²) in [5, 5.41) is 0. The van der Waals surface area contributed by atoms with Crippen molar-refractivity contribution in [2.24, 2.45) is 5.41 Å². The van der Waals surface area contributed by atoms with Crippen LogP contribution in [0.5, 0.6) is 5.75 Å². The maximum Gasteiger partial charge on any atom is 0.153 e. The van der Waals surface area contributed by atoms with Crippen LogP contribution < -0.4 is 4.74 Å². The second-order valence-corrected chi connectivity index (χ2v) is 7.66. The van der Waals surface area contributed by atoms with Crippen molar-refractivity contribution in [1.82, 2.24) is 0 Å². The van der Waals surface area contributed by atoms with Crippen molar-refractivity contribution >= 4 is 6.29 Å². The predicted molar refractivity (Wildman–Crippen MR) is 84.7 cm³/mol. The first-order valence-electron chi connectivity index (χ1n) is 7.31. The zero-order valence-corrected chi connectivity index (χ0v) is 13.9. The van der Waals surface area contributed by atoms with E-state index in [2.05, 4.69) is 40.7 Å². The smallest absolute Gasteiger partial charge is 0.153 e. The quantitative estimate of drug-likeness (QED) is 0.707. The van der Waals surface area contributed by atoms with Crippen molar-refractivity contribution in [2.75, 3.05) is 0 Å². The molecule has 0 spiro atoms. The van der Waals surface area contributed by atoms with Gasteiger partial charge < -0.3 is 4.74 Å². The fraction of sp³-hybridized carbons (Fsp3) is 0.611. The Morgan fingerprint density at radius 1 is 1.15 bits per heavy atom. The van der Waals surface area contributed by atoms with Crippen LogP contribution in [0.1, 0.15) is 70.8 Å². The van der Waals surface area contributed by atoms with E-state index >= 15 is 0 Å². The Hall–Kier alpha value is -1.31. The molecule has 1 aromatic carbocycles. The molecule has 0 bridgehead atoms. The van der Waals surface area contributed by atoms with Gasteiger partial charge >= 0.3 is 0 Å². The molecule has 1 aromatic rings. The summed E-state index contributed by atoms with van der Waals surface area (Å²) in [5.74, 6) is 0.672. The monoisotopic (exact) mass is 276 g/mol. The SMILES string of the molecule is CC(C)Oc1ccc(C(C)(C)CC(C)(C)C)cc1C=O. The summed E-state index contributed by atoms with van der Waals surface area (Å²) >= 11 is 0. The van der Waals surface area contributed by atoms with E-state index in [-0.39, 0.29) is 16.9 Å². The first-order chi connectivity index (χ1) is 9.05. The Bertz CT molecular complexity index is 465. The van der Waals surface area contributed by atoms with E-state index < -0.39 is 0 Å². The van der Waals surface area contributed by atoms with Crippen LogP contribution in [0, 0.1) is 5.41 Å². The third-order valence-electron chi connectivity index (χ3n) is 3.25. The number of aldehydes is 1. The first kappa shape index (κ1) is 16.7. The summed E-state index contributed by atoms with van der Waals surface area (Å²) in [6.07, 6.45) is 2.01. The van der Waals surface area contributed by atoms with Gasteiger partial charge in [0.05, 0.1) is 11.7 Å². The first-order valence-corrected chi connectivity index (χ1v) is 7.31. The van der Waals surface area contributed by atoms with Crippen molar-refractivity contribution in [2.45, 2.75) is 66.4 Å². The van der Waals surface area contributed by atoms with Crippen molar-refractivity contribution in [3.63, 3.8) is 0 Å². The normalized spacial score (nSPS) is 12.6. The van der Waals surface area contributed by atoms with Gasteiger partial charge in [-0.15, -0.1) is 0 Å². The molecule has 1 rings (SSSR count). The molecule has 0 aliphatic carbocycles. The fourth-order valence-corrected chi connectivity index (χ4v) is 2.85. The van der Waals surface area contributed by atoms with E-state index in [1.54, 1.807) is 0 Å². The topological polar surface area (TPSA) is 26.3 Å². The van der Waals surface area contributed by atoms with Crippen molar-refractivity contribution in [3.8, 4) is 5.75 Å². The minimum absolute atomic E-state index is 0.0341. The van der Waals surface area contributed by atoms with E-state index in [0.29, 0.717) is 11.3 Å². The van der Waals surface area contributed by atoms with Crippen LogP contribution in [0.25, 0.3) is 0 Å². The van der Waals surface area contributed by atoms with Gasteiger partial charge in [-0.1, -0.05) is 40.7 Å². The molecule has 0 fully saturated rings. The standard InChI is InChI=1S/C18H28O2/c1-13(2)20-16-9-8-15(10-14(16)11-19)18(6,7)12-17(3,4)5/h8-11,13H,12H2,1-7H3. The lowest BCUT2D eigenvalue weighted by molar-refractivity contribution is 0.111. The summed E-state index contributed by atoms with van der Waals surface area (Å²) < 4.78 is 5.67. The number of hydrogen-bond donors (Lipinski definition) is 0. The molecule has 0 atom stereocenters. The predicted octanol–water partition coefficient (Wildman–Crippen LogP) is 5.00. The number of hydrogen-bond acceptors (Lipinski definition) is 2. The number of carbonyl (C=O) groups is 1. The van der Waals surface area contributed by atoms with E-state index in [1.807, 2.05) is 26.0 Å². The molecule has 2 nitrogen and oxygen atoms in total. The highest BCUT2D eigenvalue weighted by Gasteiger charge is 2.27. The number of benzene rings is 1. The number of carbonyl (C=O) groups excluding carboxylic acids is 1. The lowest BCUT2D eigenvalue weighted by atomic mass is 9.72. The third kappa shape index (κ3) is 4.66. The molecule has 2 heteroatoms. The molecule has 112 valence electrons. The van der Waals surface area contributed by atoms with Gasteiger partial charge in [0.1, 0.15) is 5.75 Å². The van der Waals surface area contributed by atoms with Crippen LogP contribution in [0.4, 0.5) is 0 Å². The van der Waals surface area contributed by atoms with Crippen molar-refractivity contribution in [3.05, 3.63) is 29.3 Å². The second kappa shape index (κ2) is 5.99. The number of ether oxygens (including phenoxy) is 1. The minimum Gasteiger partial charge on any atom is -0.490 e. The van der Waals surface area contributed by atoms with E-state index in [1.165, 1.54) is 5.56 Å². The summed E-state index contributed by atoms with van der Waals surface area (Å²) in [6, 6.07) is 5.97. The maximum atomic E-state index is 11.3. The van der Waals surface area contributed by atoms with Crippen LogP contribution in [-0.4, -0.2) is 12.4 Å². The molecule has 0 aliphatic heterocycles. The molecule has 0 N–H and O–H groups in total. The van der Waals surface area contributed by atoms with Crippen LogP contribution in [0.15, 0.2) is 18.2 Å². The summed E-state index contributed by atoms with van der Waals surface area (Å²) in [4.78, 5) is 11.3. The Balaban J connectivity index is 3.12. The van der Waals surface area contributed by atoms with E-state index in [0.717, 1.165) is 12.7 Å². The zero-order valence-electron chi connectivity index (χ0n) is 13.9. The molecule has 0 heterocycles. The Labute approximate surface area is 123 Å². The second-order valence-electron chi connectivity index (χ2n) is 7.66. The van der Waals surface area contributed by atoms with Gasteiger partial charge in [-0.2, -0.15) is 0 Å². The third-order valence-corrected chi connectivity index (χ3v) is 3.25. The van der Waals surface area contributed by atoms with Gasteiger partial charge in [-0.3, -0.25) is 4.79 Å². The highest BCUT2D eigenvalue weighted by Crippen LogP contribution is 2.37. The van der Waals surface area contributed by atoms with Crippen LogP contribution in [0.2, 0.25) is 0 Å². The summed E-state index contributed by atoms with van der Waals surface area (Å²) in [5.41, 5.74) is 2.11. The largest absolute Gasteiger partial charge is 0.490 e. The molecule has 0 saturated heterocycles. The zero-order chi connectivity index (χ0) is 15.6. The van der Waals surface area contributed by atoms with Crippen LogP contribution in [0.3, 0.4) is 0 Å². The van der Waals surface area contributed by atoms with Crippen molar-refractivity contribution in [1.29, 1.82) is 0 Å². The van der Waals surface area contributed by atoms with Gasteiger partial charge in [0, 0.05) is 0 Å². The highest BCUT2D eigenvalue weighted by atomic mass is 16.5. The molecule has 0 amide bonds. The van der Waals surface area contributed by atoms with Crippen LogP contribution in [-0.2, 0) is 5.41 Å². The number of rotatable bonds is 5. The highest BCUT2D eigenvalue weighted by molar-refractivity contribution is 5.79. The molecule has 0 radical (unpaired) electrons. The van der Waals surface area contributed by atoms with Gasteiger partial charge in [0.25, 0.3) is 0 Å². The Kier molecular flexibility index (Phi) is 5.01.